The van der Waals surface area contributed by atoms with Crippen LogP contribution in [0, 0.1) is 13.8 Å². The Kier molecular flexibility index (Phi) is 4.53. The van der Waals surface area contributed by atoms with Gasteiger partial charge in [-0.25, -0.2) is 0 Å². The van der Waals surface area contributed by atoms with Crippen molar-refractivity contribution in [3.05, 3.63) is 89.7 Å². The van der Waals surface area contributed by atoms with Gasteiger partial charge in [0.25, 0.3) is 0 Å². The summed E-state index contributed by atoms with van der Waals surface area (Å²) in [5.74, 6) is -0.436. The lowest BCUT2D eigenvalue weighted by molar-refractivity contribution is 0.100. The summed E-state index contributed by atoms with van der Waals surface area (Å²) < 4.78 is 0. The highest BCUT2D eigenvalue weighted by Gasteiger charge is 2.19. The minimum atomic E-state index is -0.436. The predicted octanol–water partition coefficient (Wildman–Crippen LogP) is 5.13. The fourth-order valence-corrected chi connectivity index (χ4v) is 3.52. The molecule has 2 heterocycles. The van der Waals surface area contributed by atoms with Crippen molar-refractivity contribution in [1.29, 1.82) is 0 Å². The number of H-pyrrole nitrogens is 1. The van der Waals surface area contributed by atoms with Crippen molar-refractivity contribution in [2.75, 3.05) is 0 Å². The third kappa shape index (κ3) is 3.09. The van der Waals surface area contributed by atoms with E-state index in [4.69, 9.17) is 5.73 Å². The van der Waals surface area contributed by atoms with Crippen LogP contribution in [0.15, 0.2) is 73.1 Å². The molecule has 0 aliphatic rings. The van der Waals surface area contributed by atoms with Gasteiger partial charge in [0.05, 0.1) is 5.69 Å². The predicted molar refractivity (Wildman–Crippen MR) is 113 cm³/mol. The number of aromatic nitrogens is 2. The molecule has 0 aliphatic heterocycles. The Hall–Kier alpha value is -3.66. The number of nitrogens with one attached hydrogen (secondary N) is 1. The molecule has 0 saturated carbocycles. The molecule has 0 aliphatic carbocycles. The summed E-state index contributed by atoms with van der Waals surface area (Å²) in [5, 5.41) is 0. The topological polar surface area (TPSA) is 71.8 Å². The first kappa shape index (κ1) is 17.7. The van der Waals surface area contributed by atoms with Crippen molar-refractivity contribution in [2.24, 2.45) is 5.73 Å². The van der Waals surface area contributed by atoms with Gasteiger partial charge in [-0.15, -0.1) is 0 Å². The van der Waals surface area contributed by atoms with Crippen molar-refractivity contribution in [2.45, 2.75) is 13.8 Å². The number of carbonyl (C=O) groups is 1. The number of hydrogen-bond donors (Lipinski definition) is 2. The van der Waals surface area contributed by atoms with Crippen LogP contribution in [0.1, 0.15) is 21.5 Å². The quantitative estimate of drug-likeness (QED) is 0.525. The normalized spacial score (nSPS) is 10.8. The molecular weight excluding hydrogens is 346 g/mol. The summed E-state index contributed by atoms with van der Waals surface area (Å²) in [6.07, 6.45) is 3.54. The first-order valence-corrected chi connectivity index (χ1v) is 9.15. The Morgan fingerprint density at radius 2 is 1.61 bits per heavy atom. The zero-order chi connectivity index (χ0) is 19.7. The Morgan fingerprint density at radius 3 is 2.36 bits per heavy atom. The van der Waals surface area contributed by atoms with Gasteiger partial charge in [0.15, 0.2) is 0 Å². The highest BCUT2D eigenvalue weighted by atomic mass is 16.1. The van der Waals surface area contributed by atoms with E-state index in [1.165, 1.54) is 11.1 Å². The summed E-state index contributed by atoms with van der Waals surface area (Å²) in [4.78, 5) is 19.7. The molecule has 2 aromatic carbocycles. The monoisotopic (exact) mass is 367 g/mol. The Morgan fingerprint density at radius 1 is 0.893 bits per heavy atom. The maximum Gasteiger partial charge on any atom is 0.249 e. The SMILES string of the molecule is Cc1cccc(-c2[nH]c(-c3ccncc3)cc2-c2ccccc2C(N)=O)c1C. The number of benzene rings is 2. The average Bonchev–Trinajstić information content (AvgIpc) is 3.16. The smallest absolute Gasteiger partial charge is 0.249 e. The van der Waals surface area contributed by atoms with Crippen LogP contribution in [-0.2, 0) is 0 Å². The molecular formula is C24H21N3O. The molecule has 4 aromatic rings. The van der Waals surface area contributed by atoms with Gasteiger partial charge in [0, 0.05) is 40.3 Å². The van der Waals surface area contributed by atoms with E-state index in [0.29, 0.717) is 5.56 Å². The molecule has 0 saturated heterocycles. The molecule has 4 heteroatoms. The zero-order valence-corrected chi connectivity index (χ0v) is 15.9. The highest BCUT2D eigenvalue weighted by Crippen LogP contribution is 2.38. The Bertz CT molecular complexity index is 1160. The molecule has 0 bridgehead atoms. The molecule has 0 fully saturated rings. The van der Waals surface area contributed by atoms with Crippen molar-refractivity contribution < 1.29 is 4.79 Å². The van der Waals surface area contributed by atoms with Crippen LogP contribution in [0.5, 0.6) is 0 Å². The third-order valence-electron chi connectivity index (χ3n) is 5.17. The van der Waals surface area contributed by atoms with E-state index in [9.17, 15) is 4.79 Å². The molecule has 0 atom stereocenters. The number of nitrogens with zero attached hydrogens (tertiary/aromatic N) is 1. The summed E-state index contributed by atoms with van der Waals surface area (Å²) in [6, 6.07) is 19.7. The van der Waals surface area contributed by atoms with Crippen molar-refractivity contribution in [1.82, 2.24) is 9.97 Å². The van der Waals surface area contributed by atoms with Crippen LogP contribution < -0.4 is 5.73 Å². The second-order valence-corrected chi connectivity index (χ2v) is 6.86. The standard InChI is InChI=1S/C24H21N3O/c1-15-6-5-9-18(16(15)2)23-21(19-7-3-4-8-20(19)24(25)28)14-22(27-23)17-10-12-26-13-11-17/h3-14,27H,1-2H3,(H2,25,28). The lowest BCUT2D eigenvalue weighted by Crippen LogP contribution is -2.12. The van der Waals surface area contributed by atoms with Gasteiger partial charge in [0.2, 0.25) is 5.91 Å². The largest absolute Gasteiger partial charge is 0.366 e. The second-order valence-electron chi connectivity index (χ2n) is 6.86. The van der Waals surface area contributed by atoms with Gasteiger partial charge in [-0.1, -0.05) is 36.4 Å². The molecule has 2 aromatic heterocycles. The highest BCUT2D eigenvalue weighted by molar-refractivity contribution is 6.02. The third-order valence-corrected chi connectivity index (χ3v) is 5.17. The van der Waals surface area contributed by atoms with E-state index >= 15 is 0 Å². The van der Waals surface area contributed by atoms with Gasteiger partial charge in [-0.3, -0.25) is 9.78 Å². The van der Waals surface area contributed by atoms with Crippen molar-refractivity contribution in [3.8, 4) is 33.6 Å². The van der Waals surface area contributed by atoms with Crippen LogP contribution >= 0.6 is 0 Å². The number of primary amides is 1. The Labute approximate surface area is 164 Å². The molecule has 4 nitrogen and oxygen atoms in total. The number of aromatic amines is 1. The summed E-state index contributed by atoms with van der Waals surface area (Å²) in [6.45, 7) is 4.21. The van der Waals surface area contributed by atoms with Crippen molar-refractivity contribution >= 4 is 5.91 Å². The number of amides is 1. The molecule has 28 heavy (non-hydrogen) atoms. The lowest BCUT2D eigenvalue weighted by Gasteiger charge is -2.12. The Balaban J connectivity index is 2.01. The number of pyridine rings is 1. The molecule has 0 unspecified atom stereocenters. The van der Waals surface area contributed by atoms with E-state index in [0.717, 1.165) is 33.6 Å². The fourth-order valence-electron chi connectivity index (χ4n) is 3.52. The maximum absolute atomic E-state index is 12.0. The summed E-state index contributed by atoms with van der Waals surface area (Å²) in [7, 11) is 0. The molecule has 3 N–H and O–H groups in total. The maximum atomic E-state index is 12.0. The first-order valence-electron chi connectivity index (χ1n) is 9.15. The van der Waals surface area contributed by atoms with Gasteiger partial charge in [-0.2, -0.15) is 0 Å². The van der Waals surface area contributed by atoms with Gasteiger partial charge < -0.3 is 10.7 Å². The van der Waals surface area contributed by atoms with E-state index in [1.54, 1.807) is 18.5 Å². The molecule has 0 radical (unpaired) electrons. The van der Waals surface area contributed by atoms with Crippen LogP contribution in [0.4, 0.5) is 0 Å². The number of rotatable bonds is 4. The average molecular weight is 367 g/mol. The zero-order valence-electron chi connectivity index (χ0n) is 15.9. The van der Waals surface area contributed by atoms with Gasteiger partial charge in [0.1, 0.15) is 0 Å². The number of nitrogens with two attached hydrogens (primary N) is 1. The summed E-state index contributed by atoms with van der Waals surface area (Å²) >= 11 is 0. The minimum absolute atomic E-state index is 0.436. The molecule has 0 spiro atoms. The van der Waals surface area contributed by atoms with E-state index in [1.807, 2.05) is 36.4 Å². The number of hydrogen-bond acceptors (Lipinski definition) is 2. The van der Waals surface area contributed by atoms with Crippen LogP contribution in [-0.4, -0.2) is 15.9 Å². The molecule has 138 valence electrons. The van der Waals surface area contributed by atoms with Crippen LogP contribution in [0.2, 0.25) is 0 Å². The fraction of sp³-hybridized carbons (Fsp3) is 0.0833. The van der Waals surface area contributed by atoms with Gasteiger partial charge >= 0.3 is 0 Å². The first-order chi connectivity index (χ1) is 13.6. The molecule has 1 amide bonds. The number of carbonyl (C=O) groups excluding carboxylic acids is 1. The van der Waals surface area contributed by atoms with E-state index in [2.05, 4.69) is 42.0 Å². The van der Waals surface area contributed by atoms with Crippen LogP contribution in [0.3, 0.4) is 0 Å². The molecule has 4 rings (SSSR count). The number of aryl methyl sites for hydroxylation is 1. The van der Waals surface area contributed by atoms with Crippen LogP contribution in [0.25, 0.3) is 33.6 Å². The second kappa shape index (κ2) is 7.16. The minimum Gasteiger partial charge on any atom is -0.366 e. The van der Waals surface area contributed by atoms with Gasteiger partial charge in [-0.05, 0) is 54.8 Å². The van der Waals surface area contributed by atoms with E-state index < -0.39 is 5.91 Å². The lowest BCUT2D eigenvalue weighted by atomic mass is 9.93. The van der Waals surface area contributed by atoms with Crippen molar-refractivity contribution in [3.63, 3.8) is 0 Å². The summed E-state index contributed by atoms with van der Waals surface area (Å²) in [5.41, 5.74) is 14.4. The van der Waals surface area contributed by atoms with E-state index in [-0.39, 0.29) is 0 Å².